The first-order valence-corrected chi connectivity index (χ1v) is 8.53. The second kappa shape index (κ2) is 6.03. The number of allylic oxidation sites excluding steroid dienone is 2. The summed E-state index contributed by atoms with van der Waals surface area (Å²) in [6.07, 6.45) is 7.50. The fourth-order valence-corrected chi connectivity index (χ4v) is 4.12. The van der Waals surface area contributed by atoms with Gasteiger partial charge in [0.2, 0.25) is 11.8 Å². The molecule has 122 valence electrons. The normalized spacial score (nSPS) is 26.2. The van der Waals surface area contributed by atoms with E-state index in [-0.39, 0.29) is 23.3 Å². The van der Waals surface area contributed by atoms with Crippen LogP contribution < -0.4 is 0 Å². The predicted molar refractivity (Wildman–Crippen MR) is 85.3 cm³/mol. The van der Waals surface area contributed by atoms with Crippen molar-refractivity contribution in [2.24, 2.45) is 5.92 Å². The third kappa shape index (κ3) is 2.45. The van der Waals surface area contributed by atoms with Gasteiger partial charge in [-0.25, -0.2) is 0 Å². The van der Waals surface area contributed by atoms with Gasteiger partial charge in [0.05, 0.1) is 0 Å². The molecule has 5 heteroatoms. The molecule has 0 saturated carbocycles. The fourth-order valence-electron chi connectivity index (χ4n) is 4.12. The Labute approximate surface area is 132 Å². The molecule has 0 aromatic rings. The number of nitrogens with zero attached hydrogens (tertiary/aromatic N) is 3. The van der Waals surface area contributed by atoms with Crippen LogP contribution in [0.5, 0.6) is 0 Å². The van der Waals surface area contributed by atoms with E-state index < -0.39 is 0 Å². The number of likely N-dealkylation sites (tertiary alicyclic amines) is 1. The van der Waals surface area contributed by atoms with Crippen molar-refractivity contribution in [2.75, 3.05) is 39.8 Å². The Balaban J connectivity index is 1.66. The second-order valence-electron chi connectivity index (χ2n) is 6.80. The third-order valence-electron chi connectivity index (χ3n) is 5.76. The minimum Gasteiger partial charge on any atom is -0.342 e. The Hall–Kier alpha value is -1.36. The molecule has 0 unspecified atom stereocenters. The molecule has 0 bridgehead atoms. The zero-order valence-electron chi connectivity index (χ0n) is 13.8. The molecule has 2 saturated heterocycles. The summed E-state index contributed by atoms with van der Waals surface area (Å²) in [5.41, 5.74) is -0.376. The van der Waals surface area contributed by atoms with Gasteiger partial charge in [0.15, 0.2) is 0 Å². The molecule has 1 spiro atoms. The molecule has 0 N–H and O–H groups in total. The Morgan fingerprint density at radius 2 is 1.82 bits per heavy atom. The van der Waals surface area contributed by atoms with E-state index in [0.29, 0.717) is 13.1 Å². The van der Waals surface area contributed by atoms with Crippen LogP contribution in [0.2, 0.25) is 0 Å². The molecule has 1 aliphatic carbocycles. The molecule has 5 nitrogen and oxygen atoms in total. The highest BCUT2D eigenvalue weighted by atomic mass is 16.2. The van der Waals surface area contributed by atoms with Crippen molar-refractivity contribution in [1.82, 2.24) is 14.7 Å². The van der Waals surface area contributed by atoms with Gasteiger partial charge < -0.3 is 9.80 Å². The van der Waals surface area contributed by atoms with Crippen LogP contribution in [0.4, 0.5) is 0 Å². The number of amides is 2. The summed E-state index contributed by atoms with van der Waals surface area (Å²) >= 11 is 0. The molecule has 0 aromatic heterocycles. The lowest BCUT2D eigenvalue weighted by Crippen LogP contribution is -2.68. The van der Waals surface area contributed by atoms with Gasteiger partial charge in [0, 0.05) is 38.6 Å². The Kier molecular flexibility index (Phi) is 4.26. The molecular weight excluding hydrogens is 278 g/mol. The Morgan fingerprint density at radius 1 is 1.18 bits per heavy atom. The molecule has 3 rings (SSSR count). The van der Waals surface area contributed by atoms with E-state index in [4.69, 9.17) is 0 Å². The summed E-state index contributed by atoms with van der Waals surface area (Å²) in [6, 6.07) is 0. The molecular formula is C17H27N3O2. The lowest BCUT2D eigenvalue weighted by molar-refractivity contribution is -0.157. The number of likely N-dealkylation sites (N-methyl/N-ethyl adjacent to an activating group) is 2. The van der Waals surface area contributed by atoms with Crippen molar-refractivity contribution in [1.29, 1.82) is 0 Å². The zero-order valence-corrected chi connectivity index (χ0v) is 13.8. The lowest BCUT2D eigenvalue weighted by atomic mass is 9.82. The first kappa shape index (κ1) is 15.5. The monoisotopic (exact) mass is 305 g/mol. The Morgan fingerprint density at radius 3 is 2.41 bits per heavy atom. The highest BCUT2D eigenvalue weighted by Crippen LogP contribution is 2.34. The van der Waals surface area contributed by atoms with E-state index in [1.54, 1.807) is 0 Å². The van der Waals surface area contributed by atoms with Gasteiger partial charge in [0.1, 0.15) is 5.54 Å². The van der Waals surface area contributed by atoms with Crippen LogP contribution in [0.3, 0.4) is 0 Å². The molecule has 22 heavy (non-hydrogen) atoms. The molecule has 2 fully saturated rings. The minimum atomic E-state index is -0.376. The largest absolute Gasteiger partial charge is 0.342 e. The molecule has 2 amide bonds. The smallest absolute Gasteiger partial charge is 0.243 e. The van der Waals surface area contributed by atoms with E-state index in [9.17, 15) is 9.59 Å². The van der Waals surface area contributed by atoms with E-state index in [1.165, 1.54) is 0 Å². The van der Waals surface area contributed by atoms with E-state index in [1.807, 2.05) is 16.7 Å². The van der Waals surface area contributed by atoms with Crippen molar-refractivity contribution in [3.8, 4) is 0 Å². The number of piperidine rings is 1. The maximum atomic E-state index is 12.8. The summed E-state index contributed by atoms with van der Waals surface area (Å²) in [5, 5.41) is 0. The summed E-state index contributed by atoms with van der Waals surface area (Å²) in [4.78, 5) is 31.6. The van der Waals surface area contributed by atoms with Gasteiger partial charge in [0.25, 0.3) is 0 Å². The highest BCUT2D eigenvalue weighted by Gasteiger charge is 2.49. The minimum absolute atomic E-state index is 0.140. The number of piperazine rings is 1. The highest BCUT2D eigenvalue weighted by molar-refractivity contribution is 5.88. The first-order valence-electron chi connectivity index (χ1n) is 8.53. The van der Waals surface area contributed by atoms with Crippen molar-refractivity contribution < 1.29 is 9.59 Å². The molecule has 0 radical (unpaired) electrons. The van der Waals surface area contributed by atoms with Gasteiger partial charge in [-0.2, -0.15) is 0 Å². The quantitative estimate of drug-likeness (QED) is 0.718. The van der Waals surface area contributed by atoms with Crippen molar-refractivity contribution >= 4 is 11.8 Å². The van der Waals surface area contributed by atoms with E-state index in [2.05, 4.69) is 24.1 Å². The lowest BCUT2D eigenvalue weighted by Gasteiger charge is -2.51. The molecule has 0 aromatic carbocycles. The number of carbonyl (C=O) groups excluding carboxylic acids is 2. The maximum absolute atomic E-state index is 12.8. The van der Waals surface area contributed by atoms with Crippen LogP contribution >= 0.6 is 0 Å². The molecule has 2 heterocycles. The molecule has 2 aliphatic heterocycles. The third-order valence-corrected chi connectivity index (χ3v) is 5.76. The van der Waals surface area contributed by atoms with Crippen LogP contribution in [-0.2, 0) is 9.59 Å². The van der Waals surface area contributed by atoms with Gasteiger partial charge in [-0.3, -0.25) is 14.5 Å². The van der Waals surface area contributed by atoms with Crippen molar-refractivity contribution in [3.05, 3.63) is 12.2 Å². The SMILES string of the molecule is CCN1CCN(C)C2(CCN(C(=O)C3CC=CC3)CC2)C1=O. The fraction of sp³-hybridized carbons (Fsp3) is 0.765. The average Bonchev–Trinajstić information content (AvgIpc) is 3.07. The van der Waals surface area contributed by atoms with Gasteiger partial charge in [-0.15, -0.1) is 0 Å². The topological polar surface area (TPSA) is 43.9 Å². The number of hydrogen-bond donors (Lipinski definition) is 0. The van der Waals surface area contributed by atoms with Crippen LogP contribution in [0.25, 0.3) is 0 Å². The number of carbonyl (C=O) groups is 2. The van der Waals surface area contributed by atoms with Crippen molar-refractivity contribution in [3.63, 3.8) is 0 Å². The standard InChI is InChI=1S/C17H27N3O2/c1-3-19-13-12-18(2)17(16(19)22)8-10-20(11-9-17)15(21)14-6-4-5-7-14/h4-5,14H,3,6-13H2,1-2H3. The van der Waals surface area contributed by atoms with Crippen molar-refractivity contribution in [2.45, 2.75) is 38.1 Å². The number of rotatable bonds is 2. The van der Waals surface area contributed by atoms with Crippen LogP contribution in [0, 0.1) is 5.92 Å². The summed E-state index contributed by atoms with van der Waals surface area (Å²) in [7, 11) is 2.06. The molecule has 0 atom stereocenters. The number of hydrogen-bond acceptors (Lipinski definition) is 3. The molecule has 3 aliphatic rings. The summed E-state index contributed by atoms with van der Waals surface area (Å²) in [6.45, 7) is 6.00. The van der Waals surface area contributed by atoms with Crippen LogP contribution in [-0.4, -0.2) is 71.8 Å². The second-order valence-corrected chi connectivity index (χ2v) is 6.80. The van der Waals surface area contributed by atoms with Crippen LogP contribution in [0.15, 0.2) is 12.2 Å². The van der Waals surface area contributed by atoms with Gasteiger partial charge in [-0.05, 0) is 39.7 Å². The Bertz CT molecular complexity index is 472. The summed E-state index contributed by atoms with van der Waals surface area (Å²) in [5.74, 6) is 0.678. The predicted octanol–water partition coefficient (Wildman–Crippen LogP) is 1.11. The van der Waals surface area contributed by atoms with E-state index >= 15 is 0 Å². The zero-order chi connectivity index (χ0) is 15.7. The van der Waals surface area contributed by atoms with Gasteiger partial charge >= 0.3 is 0 Å². The summed E-state index contributed by atoms with van der Waals surface area (Å²) < 4.78 is 0. The first-order chi connectivity index (χ1) is 10.6. The van der Waals surface area contributed by atoms with Crippen LogP contribution in [0.1, 0.15) is 32.6 Å². The van der Waals surface area contributed by atoms with Gasteiger partial charge in [-0.1, -0.05) is 12.2 Å². The average molecular weight is 305 g/mol. The maximum Gasteiger partial charge on any atom is 0.243 e. The van der Waals surface area contributed by atoms with E-state index in [0.717, 1.165) is 45.3 Å².